The normalized spacial score (nSPS) is 17.3. The summed E-state index contributed by atoms with van der Waals surface area (Å²) in [6.07, 6.45) is 6.46. The van der Waals surface area contributed by atoms with E-state index in [1.54, 1.807) is 36.2 Å². The Morgan fingerprint density at radius 2 is 2.04 bits per heavy atom. The standard InChI is InChI=1S/C17H16ClN5OS/c18-11-3-6-14-19-12(7-15(24)22(14)8-11)9-25-17-21-20-16(10-1-2-10)23(17)13-4-5-13/h3,6-8,10,13H,1-2,4-5,9H2. The second-order valence-electron chi connectivity index (χ2n) is 6.67. The maximum Gasteiger partial charge on any atom is 0.258 e. The van der Waals surface area contributed by atoms with Crippen molar-refractivity contribution < 1.29 is 0 Å². The first kappa shape index (κ1) is 15.4. The van der Waals surface area contributed by atoms with Crippen molar-refractivity contribution in [3.63, 3.8) is 0 Å². The van der Waals surface area contributed by atoms with E-state index in [9.17, 15) is 4.79 Å². The zero-order valence-electron chi connectivity index (χ0n) is 13.4. The fourth-order valence-corrected chi connectivity index (χ4v) is 4.09. The molecule has 128 valence electrons. The van der Waals surface area contributed by atoms with Gasteiger partial charge in [-0.05, 0) is 37.8 Å². The van der Waals surface area contributed by atoms with Crippen LogP contribution in [-0.4, -0.2) is 24.1 Å². The Morgan fingerprint density at radius 3 is 2.80 bits per heavy atom. The van der Waals surface area contributed by atoms with E-state index in [1.807, 2.05) is 0 Å². The van der Waals surface area contributed by atoms with E-state index < -0.39 is 0 Å². The summed E-state index contributed by atoms with van der Waals surface area (Å²) in [7, 11) is 0. The summed E-state index contributed by atoms with van der Waals surface area (Å²) in [5.41, 5.74) is 1.23. The highest BCUT2D eigenvalue weighted by Gasteiger charge is 2.36. The van der Waals surface area contributed by atoms with Crippen LogP contribution in [0.1, 0.15) is 49.2 Å². The van der Waals surface area contributed by atoms with Crippen LogP contribution in [0.25, 0.3) is 5.65 Å². The summed E-state index contributed by atoms with van der Waals surface area (Å²) < 4.78 is 3.78. The molecule has 0 spiro atoms. The predicted molar refractivity (Wildman–Crippen MR) is 96.3 cm³/mol. The van der Waals surface area contributed by atoms with Gasteiger partial charge in [0, 0.05) is 30.0 Å². The molecular weight excluding hydrogens is 358 g/mol. The van der Waals surface area contributed by atoms with E-state index in [4.69, 9.17) is 11.6 Å². The molecule has 0 unspecified atom stereocenters. The second kappa shape index (κ2) is 5.85. The van der Waals surface area contributed by atoms with Gasteiger partial charge in [-0.2, -0.15) is 0 Å². The highest BCUT2D eigenvalue weighted by molar-refractivity contribution is 7.98. The van der Waals surface area contributed by atoms with Crippen LogP contribution in [0.4, 0.5) is 0 Å². The number of halogens is 1. The molecule has 5 rings (SSSR count). The molecule has 3 heterocycles. The van der Waals surface area contributed by atoms with Crippen molar-refractivity contribution in [3.8, 4) is 0 Å². The molecule has 0 amide bonds. The van der Waals surface area contributed by atoms with Crippen molar-refractivity contribution in [2.75, 3.05) is 0 Å². The molecule has 2 fully saturated rings. The molecular formula is C17H16ClN5OS. The SMILES string of the molecule is O=c1cc(CSc2nnc(C3CC3)n2C2CC2)nc2ccc(Cl)cn12. The van der Waals surface area contributed by atoms with Gasteiger partial charge in [-0.25, -0.2) is 4.98 Å². The van der Waals surface area contributed by atoms with Crippen molar-refractivity contribution in [1.82, 2.24) is 24.1 Å². The summed E-state index contributed by atoms with van der Waals surface area (Å²) in [5.74, 6) is 2.34. The Kier molecular flexibility index (Phi) is 3.60. The van der Waals surface area contributed by atoms with Crippen LogP contribution in [0.2, 0.25) is 5.02 Å². The molecule has 3 aromatic heterocycles. The largest absolute Gasteiger partial charge is 0.303 e. The van der Waals surface area contributed by atoms with Gasteiger partial charge in [0.15, 0.2) is 5.16 Å². The minimum atomic E-state index is -0.120. The van der Waals surface area contributed by atoms with Crippen LogP contribution in [0.3, 0.4) is 0 Å². The number of fused-ring (bicyclic) bond motifs is 1. The summed E-state index contributed by atoms with van der Waals surface area (Å²) in [4.78, 5) is 16.8. The molecule has 25 heavy (non-hydrogen) atoms. The molecule has 0 aliphatic heterocycles. The average molecular weight is 374 g/mol. The van der Waals surface area contributed by atoms with Crippen LogP contribution < -0.4 is 5.56 Å². The van der Waals surface area contributed by atoms with E-state index >= 15 is 0 Å². The number of hydrogen-bond donors (Lipinski definition) is 0. The third kappa shape index (κ3) is 2.95. The van der Waals surface area contributed by atoms with E-state index in [0.29, 0.717) is 28.4 Å². The van der Waals surface area contributed by atoms with Gasteiger partial charge >= 0.3 is 0 Å². The van der Waals surface area contributed by atoms with Crippen molar-refractivity contribution in [2.45, 2.75) is 48.6 Å². The Bertz CT molecular complexity index is 1020. The number of nitrogens with zero attached hydrogens (tertiary/aromatic N) is 5. The summed E-state index contributed by atoms with van der Waals surface area (Å²) in [6, 6.07) is 5.63. The Morgan fingerprint density at radius 1 is 1.20 bits per heavy atom. The highest BCUT2D eigenvalue weighted by atomic mass is 35.5. The number of hydrogen-bond acceptors (Lipinski definition) is 5. The molecule has 2 saturated carbocycles. The zero-order chi connectivity index (χ0) is 17.0. The Hall–Kier alpha value is -1.86. The summed E-state index contributed by atoms with van der Waals surface area (Å²) in [6.45, 7) is 0. The monoisotopic (exact) mass is 373 g/mol. The van der Waals surface area contributed by atoms with E-state index in [-0.39, 0.29) is 5.56 Å². The molecule has 8 heteroatoms. The molecule has 0 saturated heterocycles. The molecule has 3 aromatic rings. The summed E-state index contributed by atoms with van der Waals surface area (Å²) in [5, 5.41) is 10.3. The molecule has 0 aromatic carbocycles. The van der Waals surface area contributed by atoms with E-state index in [2.05, 4.69) is 19.7 Å². The minimum Gasteiger partial charge on any atom is -0.303 e. The van der Waals surface area contributed by atoms with Crippen LogP contribution in [-0.2, 0) is 5.75 Å². The van der Waals surface area contributed by atoms with Crippen molar-refractivity contribution in [3.05, 3.63) is 51.3 Å². The number of rotatable bonds is 5. The predicted octanol–water partition coefficient (Wildman–Crippen LogP) is 3.44. The molecule has 0 bridgehead atoms. The van der Waals surface area contributed by atoms with Gasteiger partial charge in [-0.3, -0.25) is 9.20 Å². The lowest BCUT2D eigenvalue weighted by Crippen LogP contribution is -2.15. The number of thioether (sulfide) groups is 1. The van der Waals surface area contributed by atoms with E-state index in [0.717, 1.165) is 16.7 Å². The van der Waals surface area contributed by atoms with Gasteiger partial charge in [0.2, 0.25) is 0 Å². The van der Waals surface area contributed by atoms with Gasteiger partial charge in [-0.15, -0.1) is 10.2 Å². The lowest BCUT2D eigenvalue weighted by atomic mass is 10.4. The smallest absolute Gasteiger partial charge is 0.258 e. The van der Waals surface area contributed by atoms with Crippen molar-refractivity contribution in [2.24, 2.45) is 0 Å². The molecule has 6 nitrogen and oxygen atoms in total. The first-order valence-corrected chi connectivity index (χ1v) is 9.81. The number of pyridine rings is 1. The topological polar surface area (TPSA) is 65.1 Å². The maximum atomic E-state index is 12.3. The Balaban J connectivity index is 1.42. The minimum absolute atomic E-state index is 0.120. The van der Waals surface area contributed by atoms with Crippen LogP contribution in [0.15, 0.2) is 34.3 Å². The molecule has 2 aliphatic rings. The second-order valence-corrected chi connectivity index (χ2v) is 8.05. The van der Waals surface area contributed by atoms with Crippen molar-refractivity contribution in [1.29, 1.82) is 0 Å². The first-order valence-electron chi connectivity index (χ1n) is 8.44. The van der Waals surface area contributed by atoms with Gasteiger partial charge in [-0.1, -0.05) is 23.4 Å². The fourth-order valence-electron chi connectivity index (χ4n) is 3.02. The van der Waals surface area contributed by atoms with Crippen LogP contribution >= 0.6 is 23.4 Å². The van der Waals surface area contributed by atoms with Gasteiger partial charge in [0.05, 0.1) is 10.7 Å². The third-order valence-corrected chi connectivity index (χ3v) is 5.77. The lowest BCUT2D eigenvalue weighted by Gasteiger charge is -2.08. The molecule has 0 N–H and O–H groups in total. The third-order valence-electron chi connectivity index (χ3n) is 4.57. The van der Waals surface area contributed by atoms with Crippen LogP contribution in [0, 0.1) is 0 Å². The van der Waals surface area contributed by atoms with Gasteiger partial charge in [0.25, 0.3) is 5.56 Å². The first-order chi connectivity index (χ1) is 12.2. The van der Waals surface area contributed by atoms with Crippen molar-refractivity contribution >= 4 is 29.0 Å². The highest BCUT2D eigenvalue weighted by Crippen LogP contribution is 2.46. The molecule has 2 aliphatic carbocycles. The number of aromatic nitrogens is 5. The van der Waals surface area contributed by atoms with Gasteiger partial charge in [0.1, 0.15) is 11.5 Å². The zero-order valence-corrected chi connectivity index (χ0v) is 15.0. The van der Waals surface area contributed by atoms with Gasteiger partial charge < -0.3 is 4.57 Å². The molecule has 0 radical (unpaired) electrons. The van der Waals surface area contributed by atoms with E-state index in [1.165, 1.54) is 30.1 Å². The average Bonchev–Trinajstić information content (AvgIpc) is 3.52. The summed E-state index contributed by atoms with van der Waals surface area (Å²) >= 11 is 7.56. The van der Waals surface area contributed by atoms with Crippen LogP contribution in [0.5, 0.6) is 0 Å². The Labute approximate surface area is 153 Å². The fraction of sp³-hybridized carbons (Fsp3) is 0.412. The molecule has 0 atom stereocenters. The lowest BCUT2D eigenvalue weighted by molar-refractivity contribution is 0.627. The quantitative estimate of drug-likeness (QED) is 0.641. The maximum absolute atomic E-state index is 12.3.